The Labute approximate surface area is 214 Å². The molecule has 1 aromatic heterocycles. The summed E-state index contributed by atoms with van der Waals surface area (Å²) < 4.78 is 5.74. The first-order chi connectivity index (χ1) is 15.9. The van der Waals surface area contributed by atoms with Crippen LogP contribution in [-0.2, 0) is 11.3 Å². The molecule has 4 rings (SSSR count). The summed E-state index contributed by atoms with van der Waals surface area (Å²) in [5, 5.41) is 6.04. The highest BCUT2D eigenvalue weighted by Crippen LogP contribution is 2.37. The molecule has 2 fully saturated rings. The number of methoxy groups -OCH3 is 1. The van der Waals surface area contributed by atoms with Crippen LogP contribution >= 0.6 is 34.5 Å². The summed E-state index contributed by atoms with van der Waals surface area (Å²) in [5.74, 6) is 2.65. The van der Waals surface area contributed by atoms with Gasteiger partial charge in [-0.25, -0.2) is 0 Å². The minimum atomic E-state index is 0.396. The largest absolute Gasteiger partial charge is 0.381 e. The zero-order valence-electron chi connectivity index (χ0n) is 20.2. The number of thiophene rings is 1. The number of nitrogens with zero attached hydrogens (tertiary/aromatic N) is 2. The number of likely N-dealkylation sites (tertiary alicyclic amines) is 2. The maximum Gasteiger partial charge on any atom is 0.0596 e. The summed E-state index contributed by atoms with van der Waals surface area (Å²) in [7, 11) is 1.87. The molecule has 2 aromatic rings. The first-order valence-corrected chi connectivity index (χ1v) is 14.1. The van der Waals surface area contributed by atoms with Gasteiger partial charge in [-0.2, -0.15) is 11.3 Å². The van der Waals surface area contributed by atoms with Gasteiger partial charge in [0, 0.05) is 49.3 Å². The Balaban J connectivity index is 1.35. The van der Waals surface area contributed by atoms with Crippen LogP contribution in [-0.4, -0.2) is 55.7 Å². The molecule has 182 valence electrons. The molecule has 3 heterocycles. The standard InChI is InChI=1S/C27H38Cl2N2OS/c1-19(2)27(32-3)12-20-6-9-30(10-7-20)15-23-16-31(17-25(23)22-8-11-33-18-22)14-21-4-5-24(28)13-26(21)29/h4-5,8,11,13,18-20,23,25,27H,6-7,9-10,12,14-17H2,1-3H3. The van der Waals surface area contributed by atoms with Crippen LogP contribution in [0.2, 0.25) is 10.0 Å². The molecule has 0 bridgehead atoms. The summed E-state index contributed by atoms with van der Waals surface area (Å²) in [6, 6.07) is 8.21. The van der Waals surface area contributed by atoms with Crippen LogP contribution in [0, 0.1) is 17.8 Å². The second-order valence-corrected chi connectivity index (χ2v) is 12.0. The number of halogens is 2. The van der Waals surface area contributed by atoms with Crippen molar-refractivity contribution < 1.29 is 4.74 Å². The molecule has 6 heteroatoms. The van der Waals surface area contributed by atoms with Gasteiger partial charge in [-0.3, -0.25) is 4.90 Å². The summed E-state index contributed by atoms with van der Waals surface area (Å²) in [5.41, 5.74) is 2.67. The lowest BCUT2D eigenvalue weighted by Gasteiger charge is -2.36. The van der Waals surface area contributed by atoms with E-state index in [0.717, 1.165) is 30.6 Å². The molecule has 2 aliphatic rings. The van der Waals surface area contributed by atoms with E-state index in [1.54, 1.807) is 0 Å². The average Bonchev–Trinajstić information content (AvgIpc) is 3.45. The molecule has 3 unspecified atom stereocenters. The Kier molecular flexibility index (Phi) is 9.17. The predicted molar refractivity (Wildman–Crippen MR) is 142 cm³/mol. The topological polar surface area (TPSA) is 15.7 Å². The van der Waals surface area contributed by atoms with Crippen LogP contribution in [0.3, 0.4) is 0 Å². The number of hydrogen-bond acceptors (Lipinski definition) is 4. The fourth-order valence-corrected chi connectivity index (χ4v) is 6.93. The molecule has 0 N–H and O–H groups in total. The van der Waals surface area contributed by atoms with Crippen LogP contribution < -0.4 is 0 Å². The highest BCUT2D eigenvalue weighted by atomic mass is 35.5. The summed E-state index contributed by atoms with van der Waals surface area (Å²) >= 11 is 14.4. The van der Waals surface area contributed by atoms with Crippen molar-refractivity contribution >= 4 is 34.5 Å². The van der Waals surface area contributed by atoms with E-state index in [4.69, 9.17) is 27.9 Å². The Morgan fingerprint density at radius 2 is 1.88 bits per heavy atom. The Morgan fingerprint density at radius 3 is 2.52 bits per heavy atom. The van der Waals surface area contributed by atoms with Crippen LogP contribution in [0.15, 0.2) is 35.0 Å². The molecule has 1 aromatic carbocycles. The van der Waals surface area contributed by atoms with Crippen molar-refractivity contribution in [3.8, 4) is 0 Å². The second-order valence-electron chi connectivity index (χ2n) is 10.4. The smallest absolute Gasteiger partial charge is 0.0596 e. The molecule has 2 aliphatic heterocycles. The average molecular weight is 510 g/mol. The first kappa shape index (κ1) is 25.5. The second kappa shape index (κ2) is 11.9. The summed E-state index contributed by atoms with van der Waals surface area (Å²) in [6.07, 6.45) is 4.20. The van der Waals surface area contributed by atoms with Crippen molar-refractivity contribution in [1.82, 2.24) is 9.80 Å². The van der Waals surface area contributed by atoms with E-state index in [1.807, 2.05) is 30.6 Å². The Morgan fingerprint density at radius 1 is 1.09 bits per heavy atom. The molecule has 0 aliphatic carbocycles. The Hall–Kier alpha value is -0.620. The van der Waals surface area contributed by atoms with Crippen LogP contribution in [0.25, 0.3) is 0 Å². The van der Waals surface area contributed by atoms with Gasteiger partial charge in [0.1, 0.15) is 0 Å². The molecule has 3 nitrogen and oxygen atoms in total. The third kappa shape index (κ3) is 6.74. The van der Waals surface area contributed by atoms with Crippen molar-refractivity contribution in [1.29, 1.82) is 0 Å². The quantitative estimate of drug-likeness (QED) is 0.361. The molecule has 2 saturated heterocycles. The van der Waals surface area contributed by atoms with Gasteiger partial charge in [0.05, 0.1) is 6.10 Å². The van der Waals surface area contributed by atoms with Gasteiger partial charge in [-0.1, -0.05) is 43.1 Å². The lowest BCUT2D eigenvalue weighted by atomic mass is 9.86. The van der Waals surface area contributed by atoms with E-state index in [9.17, 15) is 0 Å². The molecule has 33 heavy (non-hydrogen) atoms. The zero-order chi connectivity index (χ0) is 23.4. The van der Waals surface area contributed by atoms with Gasteiger partial charge in [0.15, 0.2) is 0 Å². The van der Waals surface area contributed by atoms with Crippen LogP contribution in [0.4, 0.5) is 0 Å². The number of benzene rings is 1. The van der Waals surface area contributed by atoms with Gasteiger partial charge in [0.2, 0.25) is 0 Å². The fraction of sp³-hybridized carbons (Fsp3) is 0.630. The molecular weight excluding hydrogens is 471 g/mol. The molecule has 0 radical (unpaired) electrons. The minimum absolute atomic E-state index is 0.396. The molecule has 0 saturated carbocycles. The minimum Gasteiger partial charge on any atom is -0.381 e. The normalized spacial score (nSPS) is 24.1. The number of hydrogen-bond donors (Lipinski definition) is 0. The third-order valence-corrected chi connectivity index (χ3v) is 9.00. The van der Waals surface area contributed by atoms with Crippen LogP contribution in [0.5, 0.6) is 0 Å². The number of rotatable bonds is 9. The van der Waals surface area contributed by atoms with E-state index >= 15 is 0 Å². The molecule has 0 amide bonds. The van der Waals surface area contributed by atoms with E-state index in [-0.39, 0.29) is 0 Å². The SMILES string of the molecule is COC(CC1CCN(CC2CN(Cc3ccc(Cl)cc3Cl)CC2c2ccsc2)CC1)C(C)C. The maximum atomic E-state index is 6.49. The highest BCUT2D eigenvalue weighted by molar-refractivity contribution is 7.08. The molecule has 0 spiro atoms. The number of ether oxygens (including phenoxy) is 1. The van der Waals surface area contributed by atoms with E-state index in [2.05, 4.69) is 46.5 Å². The molecule has 3 atom stereocenters. The summed E-state index contributed by atoms with van der Waals surface area (Å²) in [6.45, 7) is 11.3. The Bertz CT molecular complexity index is 867. The van der Waals surface area contributed by atoms with E-state index < -0.39 is 0 Å². The monoisotopic (exact) mass is 508 g/mol. The predicted octanol–water partition coefficient (Wildman–Crippen LogP) is 7.04. The van der Waals surface area contributed by atoms with E-state index in [1.165, 1.54) is 50.0 Å². The van der Waals surface area contributed by atoms with E-state index in [0.29, 0.717) is 28.9 Å². The van der Waals surface area contributed by atoms with Crippen molar-refractivity contribution in [3.05, 3.63) is 56.2 Å². The lowest BCUT2D eigenvalue weighted by molar-refractivity contribution is 0.0321. The van der Waals surface area contributed by atoms with Crippen molar-refractivity contribution in [2.24, 2.45) is 17.8 Å². The molecular formula is C27H38Cl2N2OS. The lowest BCUT2D eigenvalue weighted by Crippen LogP contribution is -2.39. The van der Waals surface area contributed by atoms with Crippen molar-refractivity contribution in [2.75, 3.05) is 39.8 Å². The first-order valence-electron chi connectivity index (χ1n) is 12.4. The van der Waals surface area contributed by atoms with Crippen molar-refractivity contribution in [3.63, 3.8) is 0 Å². The third-order valence-electron chi connectivity index (χ3n) is 7.71. The zero-order valence-corrected chi connectivity index (χ0v) is 22.5. The van der Waals surface area contributed by atoms with Gasteiger partial charge < -0.3 is 9.64 Å². The summed E-state index contributed by atoms with van der Waals surface area (Å²) in [4.78, 5) is 5.30. The van der Waals surface area contributed by atoms with Gasteiger partial charge in [-0.15, -0.1) is 0 Å². The fourth-order valence-electron chi connectivity index (χ4n) is 5.73. The highest BCUT2D eigenvalue weighted by Gasteiger charge is 2.36. The van der Waals surface area contributed by atoms with Gasteiger partial charge >= 0.3 is 0 Å². The number of piperidine rings is 1. The van der Waals surface area contributed by atoms with Crippen LogP contribution in [0.1, 0.15) is 50.2 Å². The van der Waals surface area contributed by atoms with Crippen molar-refractivity contribution in [2.45, 2.75) is 51.7 Å². The van der Waals surface area contributed by atoms with Gasteiger partial charge in [0.25, 0.3) is 0 Å². The van der Waals surface area contributed by atoms with Gasteiger partial charge in [-0.05, 0) is 90.2 Å². The maximum absolute atomic E-state index is 6.49.